The summed E-state index contributed by atoms with van der Waals surface area (Å²) in [7, 11) is 0. The van der Waals surface area contributed by atoms with E-state index in [1.807, 2.05) is 12.1 Å². The van der Waals surface area contributed by atoms with Gasteiger partial charge < -0.3 is 11.5 Å². The van der Waals surface area contributed by atoms with Gasteiger partial charge in [-0.05, 0) is 24.1 Å². The van der Waals surface area contributed by atoms with E-state index in [9.17, 15) is 4.79 Å². The van der Waals surface area contributed by atoms with Crippen LogP contribution in [0.5, 0.6) is 0 Å². The second kappa shape index (κ2) is 5.86. The highest BCUT2D eigenvalue weighted by Gasteiger charge is 2.09. The van der Waals surface area contributed by atoms with E-state index in [2.05, 4.69) is 0 Å². The SMILES string of the molecule is Cl.NC(=O)[C@@H](N)Cc1ccc(Cl)cc1. The molecule has 0 aliphatic heterocycles. The largest absolute Gasteiger partial charge is 0.368 e. The summed E-state index contributed by atoms with van der Waals surface area (Å²) in [5, 5.41) is 0.663. The number of halogens is 2. The summed E-state index contributed by atoms with van der Waals surface area (Å²) in [6.07, 6.45) is 0.451. The van der Waals surface area contributed by atoms with Crippen LogP contribution < -0.4 is 11.5 Å². The molecule has 78 valence electrons. The molecule has 1 aromatic rings. The van der Waals surface area contributed by atoms with Gasteiger partial charge in [0.25, 0.3) is 0 Å². The Morgan fingerprint density at radius 3 is 2.29 bits per heavy atom. The molecule has 0 aliphatic carbocycles. The predicted molar refractivity (Wildman–Crippen MR) is 59.6 cm³/mol. The number of rotatable bonds is 3. The molecular weight excluding hydrogens is 223 g/mol. The minimum absolute atomic E-state index is 0. The third kappa shape index (κ3) is 3.96. The summed E-state index contributed by atoms with van der Waals surface area (Å²) in [6.45, 7) is 0. The van der Waals surface area contributed by atoms with Crippen molar-refractivity contribution in [2.24, 2.45) is 11.5 Å². The molecule has 4 N–H and O–H groups in total. The van der Waals surface area contributed by atoms with Crippen LogP contribution in [0.25, 0.3) is 0 Å². The molecule has 14 heavy (non-hydrogen) atoms. The molecule has 5 heteroatoms. The third-order valence-corrected chi connectivity index (χ3v) is 1.99. The van der Waals surface area contributed by atoms with E-state index in [-0.39, 0.29) is 12.4 Å². The molecule has 0 saturated carbocycles. The Bertz CT molecular complexity index is 300. The van der Waals surface area contributed by atoms with E-state index in [4.69, 9.17) is 23.1 Å². The fraction of sp³-hybridized carbons (Fsp3) is 0.222. The zero-order chi connectivity index (χ0) is 9.84. The van der Waals surface area contributed by atoms with Crippen molar-refractivity contribution in [1.82, 2.24) is 0 Å². The molecule has 0 aliphatic rings. The van der Waals surface area contributed by atoms with Gasteiger partial charge in [-0.15, -0.1) is 12.4 Å². The number of hydrogen-bond donors (Lipinski definition) is 2. The summed E-state index contributed by atoms with van der Waals surface area (Å²) >= 11 is 5.69. The molecule has 0 spiro atoms. The summed E-state index contributed by atoms with van der Waals surface area (Å²) in [5.41, 5.74) is 11.5. The van der Waals surface area contributed by atoms with Gasteiger partial charge in [-0.1, -0.05) is 23.7 Å². The standard InChI is InChI=1S/C9H11ClN2O.ClH/c10-7-3-1-6(2-4-7)5-8(11)9(12)13;/h1-4,8H,5,11H2,(H2,12,13);1H/t8-;/m0./s1. The van der Waals surface area contributed by atoms with Gasteiger partial charge in [0, 0.05) is 5.02 Å². The molecule has 0 fully saturated rings. The number of benzene rings is 1. The lowest BCUT2D eigenvalue weighted by atomic mass is 10.1. The van der Waals surface area contributed by atoms with Gasteiger partial charge in [-0.25, -0.2) is 0 Å². The molecule has 0 radical (unpaired) electrons. The lowest BCUT2D eigenvalue weighted by molar-refractivity contribution is -0.119. The van der Waals surface area contributed by atoms with Crippen LogP contribution in [-0.4, -0.2) is 11.9 Å². The molecule has 0 heterocycles. The Labute approximate surface area is 93.8 Å². The first-order valence-electron chi connectivity index (χ1n) is 3.89. The Kier molecular flexibility index (Phi) is 5.53. The zero-order valence-corrected chi connectivity index (χ0v) is 9.02. The van der Waals surface area contributed by atoms with E-state index in [1.54, 1.807) is 12.1 Å². The van der Waals surface area contributed by atoms with Crippen LogP contribution in [-0.2, 0) is 11.2 Å². The van der Waals surface area contributed by atoms with Gasteiger partial charge in [-0.3, -0.25) is 4.79 Å². The number of nitrogens with two attached hydrogens (primary N) is 2. The van der Waals surface area contributed by atoms with Gasteiger partial charge in [0.15, 0.2) is 0 Å². The van der Waals surface area contributed by atoms with Crippen molar-refractivity contribution in [3.8, 4) is 0 Å². The van der Waals surface area contributed by atoms with Crippen molar-refractivity contribution in [3.05, 3.63) is 34.9 Å². The second-order valence-corrected chi connectivity index (χ2v) is 3.28. The second-order valence-electron chi connectivity index (χ2n) is 2.84. The predicted octanol–water partition coefficient (Wildman–Crippen LogP) is 1.12. The monoisotopic (exact) mass is 234 g/mol. The van der Waals surface area contributed by atoms with Crippen molar-refractivity contribution in [3.63, 3.8) is 0 Å². The number of carbonyl (C=O) groups is 1. The van der Waals surface area contributed by atoms with E-state index in [0.717, 1.165) is 5.56 Å². The van der Waals surface area contributed by atoms with Crippen LogP contribution in [0.4, 0.5) is 0 Å². The van der Waals surface area contributed by atoms with E-state index in [1.165, 1.54) is 0 Å². The molecule has 1 aromatic carbocycles. The van der Waals surface area contributed by atoms with Crippen molar-refractivity contribution >= 4 is 29.9 Å². The third-order valence-electron chi connectivity index (χ3n) is 1.73. The van der Waals surface area contributed by atoms with Gasteiger partial charge in [-0.2, -0.15) is 0 Å². The summed E-state index contributed by atoms with van der Waals surface area (Å²) in [6, 6.07) is 6.53. The normalized spacial score (nSPS) is 11.6. The van der Waals surface area contributed by atoms with Gasteiger partial charge in [0.1, 0.15) is 0 Å². The quantitative estimate of drug-likeness (QED) is 0.824. The van der Waals surface area contributed by atoms with Crippen molar-refractivity contribution in [1.29, 1.82) is 0 Å². The molecular formula is C9H12Cl2N2O. The first-order chi connectivity index (χ1) is 6.09. The molecule has 3 nitrogen and oxygen atoms in total. The van der Waals surface area contributed by atoms with Crippen molar-refractivity contribution in [2.75, 3.05) is 0 Å². The Balaban J connectivity index is 0.00000169. The summed E-state index contributed by atoms with van der Waals surface area (Å²) in [4.78, 5) is 10.6. The van der Waals surface area contributed by atoms with E-state index >= 15 is 0 Å². The van der Waals surface area contributed by atoms with Crippen molar-refractivity contribution in [2.45, 2.75) is 12.5 Å². The highest BCUT2D eigenvalue weighted by Crippen LogP contribution is 2.10. The van der Waals surface area contributed by atoms with Crippen LogP contribution in [0.1, 0.15) is 5.56 Å². The number of hydrogen-bond acceptors (Lipinski definition) is 2. The average molecular weight is 235 g/mol. The van der Waals surface area contributed by atoms with Gasteiger partial charge in [0.05, 0.1) is 6.04 Å². The molecule has 0 unspecified atom stereocenters. The maximum atomic E-state index is 10.6. The average Bonchev–Trinajstić information content (AvgIpc) is 2.08. The lowest BCUT2D eigenvalue weighted by Crippen LogP contribution is -2.38. The maximum Gasteiger partial charge on any atom is 0.234 e. The number of primary amides is 1. The van der Waals surface area contributed by atoms with Crippen LogP contribution in [0.3, 0.4) is 0 Å². The first-order valence-corrected chi connectivity index (χ1v) is 4.26. The molecule has 0 bridgehead atoms. The van der Waals surface area contributed by atoms with Crippen LogP contribution in [0.2, 0.25) is 5.02 Å². The summed E-state index contributed by atoms with van der Waals surface area (Å²) in [5.74, 6) is -0.491. The van der Waals surface area contributed by atoms with Crippen LogP contribution in [0.15, 0.2) is 24.3 Å². The van der Waals surface area contributed by atoms with Gasteiger partial charge in [0.2, 0.25) is 5.91 Å². The lowest BCUT2D eigenvalue weighted by Gasteiger charge is -2.06. The van der Waals surface area contributed by atoms with E-state index < -0.39 is 11.9 Å². The Hall–Kier alpha value is -0.770. The van der Waals surface area contributed by atoms with Crippen LogP contribution in [0, 0.1) is 0 Å². The number of carbonyl (C=O) groups excluding carboxylic acids is 1. The van der Waals surface area contributed by atoms with E-state index in [0.29, 0.717) is 11.4 Å². The topological polar surface area (TPSA) is 69.1 Å². The minimum Gasteiger partial charge on any atom is -0.368 e. The zero-order valence-electron chi connectivity index (χ0n) is 7.44. The first kappa shape index (κ1) is 13.2. The maximum absolute atomic E-state index is 10.6. The van der Waals surface area contributed by atoms with Gasteiger partial charge >= 0.3 is 0 Å². The van der Waals surface area contributed by atoms with Crippen molar-refractivity contribution < 1.29 is 4.79 Å². The number of amides is 1. The molecule has 1 amide bonds. The fourth-order valence-electron chi connectivity index (χ4n) is 0.975. The molecule has 0 saturated heterocycles. The molecule has 0 aromatic heterocycles. The smallest absolute Gasteiger partial charge is 0.234 e. The minimum atomic E-state index is -0.624. The summed E-state index contributed by atoms with van der Waals surface area (Å²) < 4.78 is 0. The Morgan fingerprint density at radius 2 is 1.86 bits per heavy atom. The Morgan fingerprint density at radius 1 is 1.36 bits per heavy atom. The molecule has 1 atom stereocenters. The highest BCUT2D eigenvalue weighted by atomic mass is 35.5. The highest BCUT2D eigenvalue weighted by molar-refractivity contribution is 6.30. The van der Waals surface area contributed by atoms with Crippen LogP contribution >= 0.6 is 24.0 Å². The fourth-order valence-corrected chi connectivity index (χ4v) is 1.10. The molecule has 1 rings (SSSR count).